The van der Waals surface area contributed by atoms with Crippen LogP contribution in [0.2, 0.25) is 5.15 Å². The molecule has 2 aromatic rings. The maximum atomic E-state index is 10.8. The number of halogens is 1. The molecule has 0 aliphatic heterocycles. The zero-order chi connectivity index (χ0) is 9.97. The van der Waals surface area contributed by atoms with Gasteiger partial charge in [-0.2, -0.15) is 8.75 Å². The Bertz CT molecular complexity index is 476. The molecule has 0 aliphatic carbocycles. The van der Waals surface area contributed by atoms with Gasteiger partial charge in [-0.1, -0.05) is 22.9 Å². The average molecular weight is 249 g/mol. The van der Waals surface area contributed by atoms with E-state index < -0.39 is 0 Å². The van der Waals surface area contributed by atoms with Gasteiger partial charge in [0.1, 0.15) is 0 Å². The van der Waals surface area contributed by atoms with Gasteiger partial charge in [0.2, 0.25) is 0 Å². The summed E-state index contributed by atoms with van der Waals surface area (Å²) in [6.07, 6.45) is 0. The summed E-state index contributed by atoms with van der Waals surface area (Å²) < 4.78 is 7.73. The summed E-state index contributed by atoms with van der Waals surface area (Å²) in [7, 11) is 0. The number of aromatic amines is 1. The third-order valence-corrected chi connectivity index (χ3v) is 3.08. The fourth-order valence-corrected chi connectivity index (χ4v) is 2.13. The molecular weight excluding hydrogens is 244 g/mol. The van der Waals surface area contributed by atoms with Crippen molar-refractivity contribution in [1.29, 1.82) is 0 Å². The van der Waals surface area contributed by atoms with Crippen LogP contribution in [-0.4, -0.2) is 13.7 Å². The quantitative estimate of drug-likeness (QED) is 0.865. The van der Waals surface area contributed by atoms with Crippen LogP contribution in [0.25, 0.3) is 0 Å². The van der Waals surface area contributed by atoms with Gasteiger partial charge < -0.3 is 10.3 Å². The van der Waals surface area contributed by atoms with Crippen molar-refractivity contribution in [2.24, 2.45) is 0 Å². The summed E-state index contributed by atoms with van der Waals surface area (Å²) >= 11 is 7.89. The molecule has 0 fully saturated rings. The van der Waals surface area contributed by atoms with Crippen molar-refractivity contribution in [2.45, 2.75) is 6.54 Å². The summed E-state index contributed by atoms with van der Waals surface area (Å²) in [4.78, 5) is 13.4. The van der Waals surface area contributed by atoms with E-state index in [0.717, 1.165) is 28.8 Å². The monoisotopic (exact) mass is 248 g/mol. The summed E-state index contributed by atoms with van der Waals surface area (Å²) in [5.74, 6) is 0.545. The standard InChI is InChI=1S/C6H5ClN4OS2/c7-4-5(11-14-10-4)8-1-3-2-13-6(12)9-3/h2H,1H2,(H,8,11)(H,9,12). The van der Waals surface area contributed by atoms with Gasteiger partial charge in [0.15, 0.2) is 11.0 Å². The van der Waals surface area contributed by atoms with E-state index in [1.165, 1.54) is 0 Å². The number of hydrogen-bond donors (Lipinski definition) is 2. The highest BCUT2D eigenvalue weighted by Gasteiger charge is 2.04. The third-order valence-electron chi connectivity index (χ3n) is 1.47. The molecule has 0 unspecified atom stereocenters. The first-order valence-corrected chi connectivity index (χ1v) is 5.63. The molecule has 2 N–H and O–H groups in total. The Morgan fingerprint density at radius 3 is 3.00 bits per heavy atom. The molecule has 0 atom stereocenters. The van der Waals surface area contributed by atoms with Gasteiger partial charge in [0.05, 0.1) is 18.3 Å². The SMILES string of the molecule is O=c1[nH]c(CNc2nsnc2Cl)cs1. The lowest BCUT2D eigenvalue weighted by Crippen LogP contribution is -2.03. The Balaban J connectivity index is 2.01. The largest absolute Gasteiger partial charge is 0.361 e. The van der Waals surface area contributed by atoms with Crippen molar-refractivity contribution in [2.75, 3.05) is 5.32 Å². The van der Waals surface area contributed by atoms with Crippen LogP contribution >= 0.6 is 34.7 Å². The van der Waals surface area contributed by atoms with Gasteiger partial charge in [-0.15, -0.1) is 0 Å². The molecule has 0 saturated carbocycles. The highest BCUT2D eigenvalue weighted by Crippen LogP contribution is 2.18. The van der Waals surface area contributed by atoms with Gasteiger partial charge in [0, 0.05) is 11.1 Å². The number of rotatable bonds is 3. The molecule has 8 heteroatoms. The fraction of sp³-hybridized carbons (Fsp3) is 0.167. The molecule has 0 aromatic carbocycles. The minimum absolute atomic E-state index is 0.0655. The number of aromatic nitrogens is 3. The number of thiazole rings is 1. The Kier molecular flexibility index (Phi) is 2.80. The maximum Gasteiger partial charge on any atom is 0.304 e. The van der Waals surface area contributed by atoms with Crippen molar-refractivity contribution in [3.63, 3.8) is 0 Å². The molecule has 14 heavy (non-hydrogen) atoms. The third kappa shape index (κ3) is 2.11. The number of hydrogen-bond acceptors (Lipinski definition) is 6. The number of nitrogens with zero attached hydrogens (tertiary/aromatic N) is 2. The second-order valence-electron chi connectivity index (χ2n) is 2.43. The first kappa shape index (κ1) is 9.63. The zero-order valence-corrected chi connectivity index (χ0v) is 9.17. The van der Waals surface area contributed by atoms with Gasteiger partial charge >= 0.3 is 4.87 Å². The van der Waals surface area contributed by atoms with Crippen LogP contribution in [-0.2, 0) is 6.54 Å². The second-order valence-corrected chi connectivity index (χ2v) is 4.16. The summed E-state index contributed by atoms with van der Waals surface area (Å²) in [5, 5.41) is 5.07. The molecule has 2 rings (SSSR count). The Morgan fingerprint density at radius 1 is 1.57 bits per heavy atom. The van der Waals surface area contributed by atoms with Crippen molar-refractivity contribution in [3.8, 4) is 0 Å². The van der Waals surface area contributed by atoms with Crippen LogP contribution in [0.5, 0.6) is 0 Å². The maximum absolute atomic E-state index is 10.8. The van der Waals surface area contributed by atoms with Gasteiger partial charge in [-0.3, -0.25) is 4.79 Å². The summed E-state index contributed by atoms with van der Waals surface area (Å²) in [6.45, 7) is 0.490. The van der Waals surface area contributed by atoms with Gasteiger partial charge in [0.25, 0.3) is 0 Å². The minimum atomic E-state index is -0.0655. The van der Waals surface area contributed by atoms with Crippen LogP contribution in [0, 0.1) is 0 Å². The van der Waals surface area contributed by atoms with Crippen LogP contribution < -0.4 is 10.2 Å². The molecular formula is C6H5ClN4OS2. The molecule has 2 heterocycles. The normalized spacial score (nSPS) is 10.4. The number of nitrogens with one attached hydrogen (secondary N) is 2. The minimum Gasteiger partial charge on any atom is -0.361 e. The Hall–Kier alpha value is -0.920. The molecule has 0 spiro atoms. The van der Waals surface area contributed by atoms with E-state index in [9.17, 15) is 4.79 Å². The molecule has 0 saturated heterocycles. The van der Waals surface area contributed by atoms with Crippen LogP contribution in [0.4, 0.5) is 5.82 Å². The van der Waals surface area contributed by atoms with Crippen molar-refractivity contribution < 1.29 is 0 Å². The predicted molar refractivity (Wildman–Crippen MR) is 57.2 cm³/mol. The molecule has 2 aromatic heterocycles. The van der Waals surface area contributed by atoms with E-state index >= 15 is 0 Å². The molecule has 0 bridgehead atoms. The predicted octanol–water partition coefficient (Wildman–Crippen LogP) is 1.55. The second kappa shape index (κ2) is 4.07. The molecule has 0 radical (unpaired) electrons. The number of H-pyrrole nitrogens is 1. The molecule has 5 nitrogen and oxygen atoms in total. The van der Waals surface area contributed by atoms with Crippen molar-refractivity contribution in [1.82, 2.24) is 13.7 Å². The lowest BCUT2D eigenvalue weighted by atomic mass is 10.5. The Morgan fingerprint density at radius 2 is 2.43 bits per heavy atom. The first-order chi connectivity index (χ1) is 6.75. The summed E-state index contributed by atoms with van der Waals surface area (Å²) in [5.41, 5.74) is 0.809. The summed E-state index contributed by atoms with van der Waals surface area (Å²) in [6, 6.07) is 0. The van der Waals surface area contributed by atoms with E-state index in [1.54, 1.807) is 5.38 Å². The molecule has 74 valence electrons. The van der Waals surface area contributed by atoms with Crippen LogP contribution in [0.15, 0.2) is 10.2 Å². The van der Waals surface area contributed by atoms with E-state index in [0.29, 0.717) is 17.5 Å². The van der Waals surface area contributed by atoms with Crippen molar-refractivity contribution in [3.05, 3.63) is 25.9 Å². The highest BCUT2D eigenvalue weighted by molar-refractivity contribution is 7.07. The zero-order valence-electron chi connectivity index (χ0n) is 6.78. The van der Waals surface area contributed by atoms with E-state index in [4.69, 9.17) is 11.6 Å². The molecule has 0 aliphatic rings. The fourth-order valence-electron chi connectivity index (χ4n) is 0.863. The lowest BCUT2D eigenvalue weighted by molar-refractivity contribution is 1.05. The Labute approximate surface area is 92.1 Å². The smallest absolute Gasteiger partial charge is 0.304 e. The van der Waals surface area contributed by atoms with E-state index in [1.807, 2.05) is 0 Å². The lowest BCUT2D eigenvalue weighted by Gasteiger charge is -1.98. The van der Waals surface area contributed by atoms with Gasteiger partial charge in [-0.05, 0) is 0 Å². The van der Waals surface area contributed by atoms with Crippen molar-refractivity contribution >= 4 is 40.5 Å². The van der Waals surface area contributed by atoms with E-state index in [-0.39, 0.29) is 4.87 Å². The average Bonchev–Trinajstić information content (AvgIpc) is 2.72. The van der Waals surface area contributed by atoms with Crippen LogP contribution in [0.1, 0.15) is 5.69 Å². The number of anilines is 1. The highest BCUT2D eigenvalue weighted by atomic mass is 35.5. The molecule has 0 amide bonds. The van der Waals surface area contributed by atoms with E-state index in [2.05, 4.69) is 19.0 Å². The van der Waals surface area contributed by atoms with Crippen LogP contribution in [0.3, 0.4) is 0 Å². The topological polar surface area (TPSA) is 70.7 Å². The van der Waals surface area contributed by atoms with Gasteiger partial charge in [-0.25, -0.2) is 0 Å². The first-order valence-electron chi connectivity index (χ1n) is 3.64.